The van der Waals surface area contributed by atoms with Crippen LogP contribution in [0.3, 0.4) is 0 Å². The number of benzene rings is 2. The molecule has 0 spiro atoms. The highest BCUT2D eigenvalue weighted by Crippen LogP contribution is 2.24. The minimum absolute atomic E-state index is 0.0280. The third-order valence-electron chi connectivity index (χ3n) is 3.43. The largest absolute Gasteiger partial charge is 0.333 e. The van der Waals surface area contributed by atoms with Gasteiger partial charge in [-0.15, -0.1) is 0 Å². The predicted octanol–water partition coefficient (Wildman–Crippen LogP) is 3.99. The molecule has 0 aliphatic carbocycles. The van der Waals surface area contributed by atoms with Gasteiger partial charge in [-0.3, -0.25) is 4.79 Å². The van der Waals surface area contributed by atoms with Crippen molar-refractivity contribution in [1.29, 1.82) is 0 Å². The van der Waals surface area contributed by atoms with Gasteiger partial charge in [-0.05, 0) is 37.6 Å². The molecule has 1 aromatic heterocycles. The van der Waals surface area contributed by atoms with Gasteiger partial charge in [0, 0.05) is 5.69 Å². The van der Waals surface area contributed by atoms with Gasteiger partial charge < -0.3 is 10.3 Å². The fraction of sp³-hybridized carbons (Fsp3) is 0.176. The zero-order valence-corrected chi connectivity index (χ0v) is 13.3. The average Bonchev–Trinajstić information content (AvgIpc) is 2.91. The molecule has 0 bridgehead atoms. The molecule has 0 saturated carbocycles. The van der Waals surface area contributed by atoms with Gasteiger partial charge in [0.25, 0.3) is 0 Å². The lowest BCUT2D eigenvalue weighted by Crippen LogP contribution is -2.22. The molecule has 0 saturated heterocycles. The second-order valence-corrected chi connectivity index (χ2v) is 6.45. The van der Waals surface area contributed by atoms with Crippen LogP contribution < -0.4 is 5.32 Å². The summed E-state index contributed by atoms with van der Waals surface area (Å²) in [6.45, 7) is 3.86. The first-order valence-electron chi connectivity index (χ1n) is 7.11. The normalized spacial score (nSPS) is 12.3. The van der Waals surface area contributed by atoms with Gasteiger partial charge in [-0.1, -0.05) is 42.1 Å². The van der Waals surface area contributed by atoms with E-state index in [2.05, 4.69) is 15.3 Å². The van der Waals surface area contributed by atoms with Crippen molar-refractivity contribution in [3.63, 3.8) is 0 Å². The summed E-state index contributed by atoms with van der Waals surface area (Å²) in [5.74, 6) is -0.0280. The van der Waals surface area contributed by atoms with Crippen molar-refractivity contribution < 1.29 is 4.79 Å². The Kier molecular flexibility index (Phi) is 4.15. The number of H-pyrrole nitrogens is 1. The number of carbonyl (C=O) groups is 1. The lowest BCUT2D eigenvalue weighted by Gasteiger charge is -2.12. The van der Waals surface area contributed by atoms with Crippen LogP contribution in [0.25, 0.3) is 11.0 Å². The first-order chi connectivity index (χ1) is 10.6. The second kappa shape index (κ2) is 6.23. The maximum absolute atomic E-state index is 12.3. The number of imidazole rings is 1. The Labute approximate surface area is 133 Å². The number of hydrogen-bond donors (Lipinski definition) is 2. The number of nitrogens with one attached hydrogen (secondary N) is 2. The molecule has 1 atom stereocenters. The molecule has 0 fully saturated rings. The summed E-state index contributed by atoms with van der Waals surface area (Å²) < 4.78 is 0. The van der Waals surface area contributed by atoms with Crippen LogP contribution in [0.15, 0.2) is 53.7 Å². The van der Waals surface area contributed by atoms with Crippen molar-refractivity contribution in [2.24, 2.45) is 0 Å². The number of aromatic nitrogens is 2. The molecule has 2 aromatic carbocycles. The standard InChI is InChI=1S/C17H17N3OS/c1-11-7-3-4-8-13(11)18-16(21)12(2)22-17-19-14-9-5-6-10-15(14)20-17/h3-10,12H,1-2H3,(H,18,21)(H,19,20). The van der Waals surface area contributed by atoms with Crippen LogP contribution in [0, 0.1) is 6.92 Å². The Morgan fingerprint density at radius 2 is 1.91 bits per heavy atom. The molecular weight excluding hydrogens is 294 g/mol. The van der Waals surface area contributed by atoms with Crippen molar-refractivity contribution in [2.45, 2.75) is 24.3 Å². The van der Waals surface area contributed by atoms with Crippen LogP contribution in [-0.2, 0) is 4.79 Å². The molecule has 3 aromatic rings. The van der Waals surface area contributed by atoms with E-state index in [1.807, 2.05) is 62.4 Å². The Morgan fingerprint density at radius 3 is 2.68 bits per heavy atom. The van der Waals surface area contributed by atoms with Crippen LogP contribution in [0.4, 0.5) is 5.69 Å². The third-order valence-corrected chi connectivity index (χ3v) is 4.41. The average molecular weight is 311 g/mol. The second-order valence-electron chi connectivity index (χ2n) is 5.12. The zero-order valence-electron chi connectivity index (χ0n) is 12.5. The quantitative estimate of drug-likeness (QED) is 0.716. The molecule has 112 valence electrons. The highest BCUT2D eigenvalue weighted by molar-refractivity contribution is 8.00. The van der Waals surface area contributed by atoms with Gasteiger partial charge in [0.2, 0.25) is 5.91 Å². The van der Waals surface area contributed by atoms with E-state index in [4.69, 9.17) is 0 Å². The van der Waals surface area contributed by atoms with E-state index >= 15 is 0 Å². The summed E-state index contributed by atoms with van der Waals surface area (Å²) >= 11 is 1.42. The summed E-state index contributed by atoms with van der Waals surface area (Å²) in [5, 5.41) is 3.48. The van der Waals surface area contributed by atoms with E-state index in [1.54, 1.807) is 0 Å². The van der Waals surface area contributed by atoms with Crippen LogP contribution in [-0.4, -0.2) is 21.1 Å². The minimum atomic E-state index is -0.236. The van der Waals surface area contributed by atoms with Crippen molar-refractivity contribution >= 4 is 34.4 Å². The predicted molar refractivity (Wildman–Crippen MR) is 91.2 cm³/mol. The number of para-hydroxylation sites is 3. The van der Waals surface area contributed by atoms with Gasteiger partial charge in [0.1, 0.15) is 0 Å². The van der Waals surface area contributed by atoms with Crippen LogP contribution >= 0.6 is 11.8 Å². The fourth-order valence-corrected chi connectivity index (χ4v) is 2.97. The van der Waals surface area contributed by atoms with Crippen molar-refractivity contribution in [3.05, 3.63) is 54.1 Å². The van der Waals surface area contributed by atoms with E-state index in [-0.39, 0.29) is 11.2 Å². The van der Waals surface area contributed by atoms with Gasteiger partial charge in [-0.2, -0.15) is 0 Å². The summed E-state index contributed by atoms with van der Waals surface area (Å²) in [6.07, 6.45) is 0. The summed E-state index contributed by atoms with van der Waals surface area (Å²) in [5.41, 5.74) is 3.80. The maximum atomic E-state index is 12.3. The Balaban J connectivity index is 1.69. The highest BCUT2D eigenvalue weighted by atomic mass is 32.2. The van der Waals surface area contributed by atoms with E-state index in [1.165, 1.54) is 11.8 Å². The van der Waals surface area contributed by atoms with E-state index in [0.29, 0.717) is 0 Å². The Hall–Kier alpha value is -2.27. The molecule has 5 heteroatoms. The monoisotopic (exact) mass is 311 g/mol. The molecular formula is C17H17N3OS. The number of carbonyl (C=O) groups excluding carboxylic acids is 1. The number of hydrogen-bond acceptors (Lipinski definition) is 3. The molecule has 1 amide bonds. The zero-order chi connectivity index (χ0) is 15.5. The summed E-state index contributed by atoms with van der Waals surface area (Å²) in [4.78, 5) is 20.0. The Morgan fingerprint density at radius 1 is 1.18 bits per heavy atom. The highest BCUT2D eigenvalue weighted by Gasteiger charge is 2.17. The lowest BCUT2D eigenvalue weighted by atomic mass is 10.2. The van der Waals surface area contributed by atoms with Crippen LogP contribution in [0.1, 0.15) is 12.5 Å². The smallest absolute Gasteiger partial charge is 0.237 e. The molecule has 1 unspecified atom stereocenters. The third kappa shape index (κ3) is 3.14. The van der Waals surface area contributed by atoms with E-state index in [0.717, 1.165) is 27.4 Å². The van der Waals surface area contributed by atoms with E-state index < -0.39 is 0 Å². The number of aryl methyl sites for hydroxylation is 1. The number of anilines is 1. The first kappa shape index (κ1) is 14.7. The number of rotatable bonds is 4. The van der Waals surface area contributed by atoms with Gasteiger partial charge in [0.05, 0.1) is 16.3 Å². The summed E-state index contributed by atoms with van der Waals surface area (Å²) in [7, 11) is 0. The maximum Gasteiger partial charge on any atom is 0.237 e. The van der Waals surface area contributed by atoms with Crippen molar-refractivity contribution in [2.75, 3.05) is 5.32 Å². The molecule has 0 aliphatic heterocycles. The van der Waals surface area contributed by atoms with Crippen LogP contribution in [0.2, 0.25) is 0 Å². The molecule has 4 nitrogen and oxygen atoms in total. The minimum Gasteiger partial charge on any atom is -0.333 e. The number of amides is 1. The molecule has 22 heavy (non-hydrogen) atoms. The first-order valence-corrected chi connectivity index (χ1v) is 7.99. The lowest BCUT2D eigenvalue weighted by molar-refractivity contribution is -0.115. The Bertz CT molecular complexity index is 779. The summed E-state index contributed by atoms with van der Waals surface area (Å²) in [6, 6.07) is 15.6. The molecule has 0 aliphatic rings. The molecule has 3 rings (SSSR count). The number of aromatic amines is 1. The van der Waals surface area contributed by atoms with Gasteiger partial charge >= 0.3 is 0 Å². The van der Waals surface area contributed by atoms with Crippen molar-refractivity contribution in [3.8, 4) is 0 Å². The molecule has 1 heterocycles. The topological polar surface area (TPSA) is 57.8 Å². The van der Waals surface area contributed by atoms with Crippen molar-refractivity contribution in [1.82, 2.24) is 9.97 Å². The van der Waals surface area contributed by atoms with Crippen LogP contribution in [0.5, 0.6) is 0 Å². The number of nitrogens with zero attached hydrogens (tertiary/aromatic N) is 1. The number of fused-ring (bicyclic) bond motifs is 1. The fourth-order valence-electron chi connectivity index (χ4n) is 2.15. The van der Waals surface area contributed by atoms with Gasteiger partial charge in [-0.25, -0.2) is 4.98 Å². The van der Waals surface area contributed by atoms with Gasteiger partial charge in [0.15, 0.2) is 5.16 Å². The molecule has 0 radical (unpaired) electrons. The molecule has 2 N–H and O–H groups in total. The number of thioether (sulfide) groups is 1. The SMILES string of the molecule is Cc1ccccc1NC(=O)C(C)Sc1nc2ccccc2[nH]1. The van der Waals surface area contributed by atoms with E-state index in [9.17, 15) is 4.79 Å².